The van der Waals surface area contributed by atoms with E-state index < -0.39 is 5.60 Å². The minimum Gasteiger partial charge on any atom is -0.382 e. The molecule has 1 fully saturated rings. The van der Waals surface area contributed by atoms with Gasteiger partial charge in [0.1, 0.15) is 5.60 Å². The molecule has 1 N–H and O–H groups in total. The number of aliphatic hydroxyl groups is 1. The van der Waals surface area contributed by atoms with Crippen LogP contribution in [-0.2, 0) is 11.2 Å². The first-order valence-corrected chi connectivity index (χ1v) is 6.92. The van der Waals surface area contributed by atoms with E-state index in [1.54, 1.807) is 11.3 Å². The van der Waals surface area contributed by atoms with E-state index in [0.717, 1.165) is 25.7 Å². The van der Waals surface area contributed by atoms with Crippen molar-refractivity contribution < 1.29 is 9.90 Å². The van der Waals surface area contributed by atoms with Crippen LogP contribution in [0.2, 0.25) is 0 Å². The first kappa shape index (κ1) is 11.8. The monoisotopic (exact) mass is 238 g/mol. The normalized spacial score (nSPS) is 19.6. The number of thiophene rings is 1. The van der Waals surface area contributed by atoms with Crippen molar-refractivity contribution in [3.05, 3.63) is 22.4 Å². The number of hydrogen-bond acceptors (Lipinski definition) is 3. The number of carbonyl (C=O) groups excluding carboxylic acids is 1. The van der Waals surface area contributed by atoms with Crippen molar-refractivity contribution >= 4 is 17.1 Å². The number of carbonyl (C=O) groups is 1. The van der Waals surface area contributed by atoms with Crippen LogP contribution in [0.25, 0.3) is 0 Å². The topological polar surface area (TPSA) is 37.3 Å². The summed E-state index contributed by atoms with van der Waals surface area (Å²) in [6.07, 6.45) is 5.70. The first-order chi connectivity index (χ1) is 7.71. The number of hydrogen-bond donors (Lipinski definition) is 1. The summed E-state index contributed by atoms with van der Waals surface area (Å²) < 4.78 is 0. The van der Waals surface area contributed by atoms with Crippen LogP contribution in [0.5, 0.6) is 0 Å². The lowest BCUT2D eigenvalue weighted by molar-refractivity contribution is -0.140. The number of Topliss-reactive ketones (excluding diaryl/α,β-unsaturated/α-hetero) is 1. The van der Waals surface area contributed by atoms with Gasteiger partial charge in [0.2, 0.25) is 0 Å². The molecule has 0 amide bonds. The first-order valence-electron chi connectivity index (χ1n) is 5.97. The van der Waals surface area contributed by atoms with Gasteiger partial charge in [0.05, 0.1) is 0 Å². The summed E-state index contributed by atoms with van der Waals surface area (Å²) in [6, 6.07) is 2.04. The van der Waals surface area contributed by atoms with Crippen LogP contribution < -0.4 is 0 Å². The maximum Gasteiger partial charge on any atom is 0.164 e. The van der Waals surface area contributed by atoms with E-state index in [1.807, 2.05) is 11.4 Å². The standard InChI is InChI=1S/C13H18O2S/c14-12(5-4-11-6-9-16-10-11)13(15)7-2-1-3-8-13/h6,9-10,15H,1-5,7-8H2. The van der Waals surface area contributed by atoms with E-state index in [4.69, 9.17) is 0 Å². The maximum absolute atomic E-state index is 12.0. The average molecular weight is 238 g/mol. The van der Waals surface area contributed by atoms with Gasteiger partial charge in [-0.15, -0.1) is 0 Å². The highest BCUT2D eigenvalue weighted by Gasteiger charge is 2.35. The van der Waals surface area contributed by atoms with Crippen LogP contribution in [0.3, 0.4) is 0 Å². The maximum atomic E-state index is 12.0. The molecule has 16 heavy (non-hydrogen) atoms. The van der Waals surface area contributed by atoms with Crippen LogP contribution >= 0.6 is 11.3 Å². The van der Waals surface area contributed by atoms with Gasteiger partial charge >= 0.3 is 0 Å². The van der Waals surface area contributed by atoms with Crippen molar-refractivity contribution in [1.29, 1.82) is 0 Å². The van der Waals surface area contributed by atoms with E-state index >= 15 is 0 Å². The molecule has 0 atom stereocenters. The molecular weight excluding hydrogens is 220 g/mol. The fourth-order valence-corrected chi connectivity index (χ4v) is 3.04. The van der Waals surface area contributed by atoms with Crippen molar-refractivity contribution in [1.82, 2.24) is 0 Å². The Kier molecular flexibility index (Phi) is 3.77. The molecule has 1 aliphatic rings. The van der Waals surface area contributed by atoms with E-state index in [1.165, 1.54) is 5.56 Å². The van der Waals surface area contributed by atoms with Gasteiger partial charge in [-0.2, -0.15) is 11.3 Å². The molecule has 0 aliphatic heterocycles. The lowest BCUT2D eigenvalue weighted by Crippen LogP contribution is -2.40. The molecule has 0 saturated heterocycles. The molecule has 0 spiro atoms. The molecule has 0 bridgehead atoms. The summed E-state index contributed by atoms with van der Waals surface area (Å²) in [5.41, 5.74) is 0.201. The molecule has 1 saturated carbocycles. The summed E-state index contributed by atoms with van der Waals surface area (Å²) in [7, 11) is 0. The third kappa shape index (κ3) is 2.71. The van der Waals surface area contributed by atoms with Crippen molar-refractivity contribution in [3.8, 4) is 0 Å². The van der Waals surface area contributed by atoms with E-state index in [0.29, 0.717) is 19.3 Å². The molecule has 1 aliphatic carbocycles. The van der Waals surface area contributed by atoms with Crippen LogP contribution in [0, 0.1) is 0 Å². The zero-order chi connectivity index (χ0) is 11.4. The minimum absolute atomic E-state index is 0.0402. The van der Waals surface area contributed by atoms with Crippen LogP contribution in [0.1, 0.15) is 44.1 Å². The van der Waals surface area contributed by atoms with Gasteiger partial charge in [-0.05, 0) is 41.7 Å². The molecule has 0 aromatic carbocycles. The van der Waals surface area contributed by atoms with Crippen molar-refractivity contribution in [2.45, 2.75) is 50.5 Å². The molecule has 1 aromatic rings. The highest BCUT2D eigenvalue weighted by Crippen LogP contribution is 2.30. The lowest BCUT2D eigenvalue weighted by atomic mass is 9.80. The van der Waals surface area contributed by atoms with Gasteiger partial charge in [-0.1, -0.05) is 19.3 Å². The molecule has 88 valence electrons. The fraction of sp³-hybridized carbons (Fsp3) is 0.615. The Bertz CT molecular complexity index is 337. The van der Waals surface area contributed by atoms with Crippen molar-refractivity contribution in [3.63, 3.8) is 0 Å². The Morgan fingerprint density at radius 1 is 1.38 bits per heavy atom. The van der Waals surface area contributed by atoms with E-state index in [-0.39, 0.29) is 5.78 Å². The average Bonchev–Trinajstić information content (AvgIpc) is 2.79. The Morgan fingerprint density at radius 3 is 2.75 bits per heavy atom. The summed E-state index contributed by atoms with van der Waals surface area (Å²) >= 11 is 1.65. The highest BCUT2D eigenvalue weighted by atomic mass is 32.1. The highest BCUT2D eigenvalue weighted by molar-refractivity contribution is 7.07. The zero-order valence-corrected chi connectivity index (χ0v) is 10.3. The largest absolute Gasteiger partial charge is 0.382 e. The van der Waals surface area contributed by atoms with Gasteiger partial charge in [0.25, 0.3) is 0 Å². The molecule has 1 aromatic heterocycles. The predicted octanol–water partition coefficient (Wildman–Crippen LogP) is 2.95. The third-order valence-electron chi connectivity index (χ3n) is 3.42. The van der Waals surface area contributed by atoms with Crippen molar-refractivity contribution in [2.75, 3.05) is 0 Å². The van der Waals surface area contributed by atoms with Gasteiger partial charge in [0.15, 0.2) is 5.78 Å². The quantitative estimate of drug-likeness (QED) is 0.875. The molecule has 0 unspecified atom stereocenters. The summed E-state index contributed by atoms with van der Waals surface area (Å²) in [6.45, 7) is 0. The minimum atomic E-state index is -1.01. The van der Waals surface area contributed by atoms with Gasteiger partial charge in [0, 0.05) is 6.42 Å². The SMILES string of the molecule is O=C(CCc1ccsc1)C1(O)CCCCC1. The predicted molar refractivity (Wildman–Crippen MR) is 65.7 cm³/mol. The zero-order valence-electron chi connectivity index (χ0n) is 9.45. The second-order valence-corrected chi connectivity index (χ2v) is 5.43. The Hall–Kier alpha value is -0.670. The Balaban J connectivity index is 1.87. The Labute approximate surface area is 100 Å². The van der Waals surface area contributed by atoms with Gasteiger partial charge in [-0.25, -0.2) is 0 Å². The molecule has 0 radical (unpaired) electrons. The molecule has 2 rings (SSSR count). The van der Waals surface area contributed by atoms with Crippen LogP contribution in [-0.4, -0.2) is 16.5 Å². The molecular formula is C13H18O2S. The second kappa shape index (κ2) is 5.11. The van der Waals surface area contributed by atoms with E-state index in [9.17, 15) is 9.90 Å². The molecule has 3 heteroatoms. The van der Waals surface area contributed by atoms with Crippen LogP contribution in [0.15, 0.2) is 16.8 Å². The lowest BCUT2D eigenvalue weighted by Gasteiger charge is -2.30. The smallest absolute Gasteiger partial charge is 0.164 e. The summed E-state index contributed by atoms with van der Waals surface area (Å²) in [4.78, 5) is 12.0. The van der Waals surface area contributed by atoms with Gasteiger partial charge in [-0.3, -0.25) is 4.79 Å². The molecule has 2 nitrogen and oxygen atoms in total. The van der Waals surface area contributed by atoms with Crippen molar-refractivity contribution in [2.24, 2.45) is 0 Å². The summed E-state index contributed by atoms with van der Waals surface area (Å²) in [5, 5.41) is 14.3. The second-order valence-electron chi connectivity index (χ2n) is 4.65. The summed E-state index contributed by atoms with van der Waals surface area (Å²) in [5.74, 6) is 0.0402. The van der Waals surface area contributed by atoms with Crippen LogP contribution in [0.4, 0.5) is 0 Å². The van der Waals surface area contributed by atoms with E-state index in [2.05, 4.69) is 5.38 Å². The van der Waals surface area contributed by atoms with Gasteiger partial charge < -0.3 is 5.11 Å². The Morgan fingerprint density at radius 2 is 2.12 bits per heavy atom. The molecule has 1 heterocycles. The number of aryl methyl sites for hydroxylation is 1. The number of ketones is 1. The third-order valence-corrected chi connectivity index (χ3v) is 4.15. The number of rotatable bonds is 4. The fourth-order valence-electron chi connectivity index (χ4n) is 2.34.